The monoisotopic (exact) mass is 332 g/mol. The van der Waals surface area contributed by atoms with E-state index in [4.69, 9.17) is 4.74 Å². The highest BCUT2D eigenvalue weighted by molar-refractivity contribution is 5.86. The molecule has 3 aromatic rings. The molecule has 0 N–H and O–H groups in total. The number of fused-ring (bicyclic) bond motifs is 2. The smallest absolute Gasteiger partial charge is 0.269 e. The van der Waals surface area contributed by atoms with Gasteiger partial charge in [0.05, 0.1) is 16.3 Å². The van der Waals surface area contributed by atoms with Gasteiger partial charge in [0.2, 0.25) is 0 Å². The molecule has 0 amide bonds. The Morgan fingerprint density at radius 3 is 2.40 bits per heavy atom. The Hall–Kier alpha value is -3.34. The average Bonchev–Trinajstić information content (AvgIpc) is 2.65. The summed E-state index contributed by atoms with van der Waals surface area (Å²) in [5.41, 5.74) is 3.96. The fraction of sp³-hybridized carbons (Fsp3) is 0.100. The highest BCUT2D eigenvalue weighted by Gasteiger charge is 2.25. The van der Waals surface area contributed by atoms with Gasteiger partial charge in [0.1, 0.15) is 0 Å². The second-order valence-electron chi connectivity index (χ2n) is 5.83. The van der Waals surface area contributed by atoms with Crippen molar-refractivity contribution in [3.63, 3.8) is 0 Å². The number of hydrogen-bond donors (Lipinski definition) is 0. The molecule has 124 valence electrons. The third-order valence-corrected chi connectivity index (χ3v) is 4.32. The number of benzene rings is 3. The van der Waals surface area contributed by atoms with Crippen LogP contribution in [-0.2, 0) is 6.42 Å². The molecule has 1 aliphatic rings. The molecule has 25 heavy (non-hydrogen) atoms. The molecular formula is C20H16N2O3. The van der Waals surface area contributed by atoms with Crippen molar-refractivity contribution in [2.75, 3.05) is 4.90 Å². The second kappa shape index (κ2) is 5.94. The van der Waals surface area contributed by atoms with Crippen molar-refractivity contribution in [1.82, 2.24) is 0 Å². The van der Waals surface area contributed by atoms with E-state index in [1.54, 1.807) is 12.1 Å². The summed E-state index contributed by atoms with van der Waals surface area (Å²) in [7, 11) is 0. The normalized spacial score (nSPS) is 12.1. The summed E-state index contributed by atoms with van der Waals surface area (Å²) in [4.78, 5) is 12.6. The molecule has 0 aromatic heterocycles. The van der Waals surface area contributed by atoms with Crippen LogP contribution in [0.3, 0.4) is 0 Å². The van der Waals surface area contributed by atoms with Gasteiger partial charge < -0.3 is 9.64 Å². The quantitative estimate of drug-likeness (QED) is 0.355. The molecule has 0 spiro atoms. The largest absolute Gasteiger partial charge is 0.453 e. The number of nitro groups is 1. The number of ether oxygens (including phenoxy) is 1. The lowest BCUT2D eigenvalue weighted by molar-refractivity contribution is -0.384. The number of anilines is 3. The second-order valence-corrected chi connectivity index (χ2v) is 5.83. The van der Waals surface area contributed by atoms with Crippen molar-refractivity contribution in [3.8, 4) is 11.5 Å². The SMILES string of the molecule is CCc1ccc2c(c1)Oc1ccccc1N2c1ccc([N+](=O)[O-])cc1. The first kappa shape index (κ1) is 15.2. The zero-order valence-corrected chi connectivity index (χ0v) is 13.7. The van der Waals surface area contributed by atoms with Crippen molar-refractivity contribution in [1.29, 1.82) is 0 Å². The lowest BCUT2D eigenvalue weighted by Gasteiger charge is -2.33. The van der Waals surface area contributed by atoms with Gasteiger partial charge in [0, 0.05) is 17.8 Å². The molecule has 0 atom stereocenters. The predicted octanol–water partition coefficient (Wildman–Crippen LogP) is 5.73. The molecule has 0 radical (unpaired) electrons. The number of nitro benzene ring substituents is 1. The Balaban J connectivity index is 1.87. The number of hydrogen-bond acceptors (Lipinski definition) is 4. The van der Waals surface area contributed by atoms with Crippen molar-refractivity contribution in [3.05, 3.63) is 82.4 Å². The van der Waals surface area contributed by atoms with E-state index in [2.05, 4.69) is 17.9 Å². The maximum atomic E-state index is 10.9. The molecule has 1 heterocycles. The molecule has 0 saturated heterocycles. The number of non-ortho nitro benzene ring substituents is 1. The van der Waals surface area contributed by atoms with E-state index in [9.17, 15) is 10.1 Å². The van der Waals surface area contributed by atoms with Gasteiger partial charge >= 0.3 is 0 Å². The van der Waals surface area contributed by atoms with Crippen LogP contribution in [-0.4, -0.2) is 4.92 Å². The van der Waals surface area contributed by atoms with Crippen LogP contribution in [0.1, 0.15) is 12.5 Å². The molecule has 5 heteroatoms. The lowest BCUT2D eigenvalue weighted by Crippen LogP contribution is -2.15. The van der Waals surface area contributed by atoms with E-state index in [0.29, 0.717) is 0 Å². The van der Waals surface area contributed by atoms with Gasteiger partial charge in [-0.15, -0.1) is 0 Å². The van der Waals surface area contributed by atoms with E-state index in [-0.39, 0.29) is 5.69 Å². The van der Waals surface area contributed by atoms with Gasteiger partial charge in [-0.2, -0.15) is 0 Å². The molecule has 3 aromatic carbocycles. The van der Waals surface area contributed by atoms with E-state index in [1.807, 2.05) is 36.4 Å². The standard InChI is InChI=1S/C20H16N2O3/c1-2-14-7-12-18-20(13-14)25-19-6-4-3-5-17(19)21(18)15-8-10-16(11-9-15)22(23)24/h3-13H,2H2,1H3. The molecule has 0 fully saturated rings. The molecule has 5 nitrogen and oxygen atoms in total. The van der Waals surface area contributed by atoms with Crippen molar-refractivity contribution < 1.29 is 9.66 Å². The summed E-state index contributed by atoms with van der Waals surface area (Å²) in [5, 5.41) is 10.9. The van der Waals surface area contributed by atoms with E-state index in [0.717, 1.165) is 35.0 Å². The van der Waals surface area contributed by atoms with Crippen LogP contribution in [0, 0.1) is 10.1 Å². The molecule has 0 aliphatic carbocycles. The molecule has 1 aliphatic heterocycles. The van der Waals surface area contributed by atoms with Crippen LogP contribution < -0.4 is 9.64 Å². The topological polar surface area (TPSA) is 55.6 Å². The molecule has 4 rings (SSSR count). The number of para-hydroxylation sites is 2. The minimum absolute atomic E-state index is 0.0758. The Morgan fingerprint density at radius 2 is 1.68 bits per heavy atom. The van der Waals surface area contributed by atoms with Gasteiger partial charge in [-0.25, -0.2) is 0 Å². The lowest BCUT2D eigenvalue weighted by atomic mass is 10.1. The van der Waals surface area contributed by atoms with E-state index >= 15 is 0 Å². The van der Waals surface area contributed by atoms with Crippen LogP contribution in [0.25, 0.3) is 0 Å². The Labute approximate surface area is 145 Å². The zero-order chi connectivity index (χ0) is 17.4. The fourth-order valence-electron chi connectivity index (χ4n) is 3.02. The van der Waals surface area contributed by atoms with Crippen LogP contribution >= 0.6 is 0 Å². The van der Waals surface area contributed by atoms with Gasteiger partial charge in [-0.05, 0) is 48.4 Å². The first-order chi connectivity index (χ1) is 12.2. The van der Waals surface area contributed by atoms with Crippen LogP contribution in [0.15, 0.2) is 66.7 Å². The average molecular weight is 332 g/mol. The minimum Gasteiger partial charge on any atom is -0.453 e. The first-order valence-corrected chi connectivity index (χ1v) is 8.12. The fourth-order valence-corrected chi connectivity index (χ4v) is 3.02. The molecule has 0 unspecified atom stereocenters. The van der Waals surface area contributed by atoms with Gasteiger partial charge in [0.15, 0.2) is 11.5 Å². The third-order valence-electron chi connectivity index (χ3n) is 4.32. The maximum absolute atomic E-state index is 10.9. The van der Waals surface area contributed by atoms with Crippen molar-refractivity contribution >= 4 is 22.7 Å². The van der Waals surface area contributed by atoms with Gasteiger partial charge in [0.25, 0.3) is 5.69 Å². The summed E-state index contributed by atoms with van der Waals surface area (Å²) in [5.74, 6) is 1.55. The molecule has 0 saturated carbocycles. The summed E-state index contributed by atoms with van der Waals surface area (Å²) in [6.45, 7) is 2.10. The number of rotatable bonds is 3. The van der Waals surface area contributed by atoms with E-state index < -0.39 is 4.92 Å². The zero-order valence-electron chi connectivity index (χ0n) is 13.7. The Morgan fingerprint density at radius 1 is 0.960 bits per heavy atom. The molecular weight excluding hydrogens is 316 g/mol. The van der Waals surface area contributed by atoms with Crippen molar-refractivity contribution in [2.45, 2.75) is 13.3 Å². The Kier molecular flexibility index (Phi) is 3.61. The van der Waals surface area contributed by atoms with E-state index in [1.165, 1.54) is 17.7 Å². The van der Waals surface area contributed by atoms with Gasteiger partial charge in [-0.3, -0.25) is 10.1 Å². The summed E-state index contributed by atoms with van der Waals surface area (Å²) in [6, 6.07) is 20.5. The minimum atomic E-state index is -0.390. The highest BCUT2D eigenvalue weighted by Crippen LogP contribution is 2.50. The summed E-state index contributed by atoms with van der Waals surface area (Å²) >= 11 is 0. The van der Waals surface area contributed by atoms with Crippen LogP contribution in [0.4, 0.5) is 22.7 Å². The summed E-state index contributed by atoms with van der Waals surface area (Å²) in [6.07, 6.45) is 0.926. The van der Waals surface area contributed by atoms with Crippen LogP contribution in [0.5, 0.6) is 11.5 Å². The first-order valence-electron chi connectivity index (χ1n) is 8.12. The molecule has 0 bridgehead atoms. The number of nitrogens with zero attached hydrogens (tertiary/aromatic N) is 2. The van der Waals surface area contributed by atoms with Crippen LogP contribution in [0.2, 0.25) is 0 Å². The third kappa shape index (κ3) is 2.59. The predicted molar refractivity (Wildman–Crippen MR) is 97.2 cm³/mol. The highest BCUT2D eigenvalue weighted by atomic mass is 16.6. The Bertz CT molecular complexity index is 951. The van der Waals surface area contributed by atoms with Gasteiger partial charge in [-0.1, -0.05) is 25.1 Å². The van der Waals surface area contributed by atoms with Crippen molar-refractivity contribution in [2.24, 2.45) is 0 Å². The summed E-state index contributed by atoms with van der Waals surface area (Å²) < 4.78 is 6.08. The maximum Gasteiger partial charge on any atom is 0.269 e. The number of aryl methyl sites for hydroxylation is 1.